The van der Waals surface area contributed by atoms with Crippen molar-refractivity contribution in [2.45, 2.75) is 24.6 Å². The van der Waals surface area contributed by atoms with Crippen LogP contribution in [-0.4, -0.2) is 11.3 Å². The lowest BCUT2D eigenvalue weighted by atomic mass is 10.3. The molecule has 1 unspecified atom stereocenters. The lowest BCUT2D eigenvalue weighted by molar-refractivity contribution is -0.198. The molecule has 0 heterocycles. The van der Waals surface area contributed by atoms with Gasteiger partial charge >= 0.3 is 6.18 Å². The van der Waals surface area contributed by atoms with Crippen LogP contribution >= 0.6 is 11.6 Å². The van der Waals surface area contributed by atoms with Gasteiger partial charge < -0.3 is 0 Å². The van der Waals surface area contributed by atoms with Gasteiger partial charge in [-0.3, -0.25) is 0 Å². The molecular formula is C4H5ClF4. The molecule has 0 bridgehead atoms. The van der Waals surface area contributed by atoms with Gasteiger partial charge in [0.25, 0.3) is 5.13 Å². The van der Waals surface area contributed by atoms with E-state index in [1.807, 2.05) is 0 Å². The summed E-state index contributed by atoms with van der Waals surface area (Å²) in [6.45, 7) is 1.03. The molecule has 0 rings (SSSR count). The van der Waals surface area contributed by atoms with Crippen molar-refractivity contribution in [2.75, 3.05) is 0 Å². The fraction of sp³-hybridized carbons (Fsp3) is 1.00. The SMILES string of the molecule is CCC(F)(Cl)C(F)(F)F. The number of hydrogen-bond acceptors (Lipinski definition) is 0. The van der Waals surface area contributed by atoms with Crippen LogP contribution in [0, 0.1) is 0 Å². The molecule has 9 heavy (non-hydrogen) atoms. The molecule has 1 atom stereocenters. The van der Waals surface area contributed by atoms with Crippen molar-refractivity contribution in [3.8, 4) is 0 Å². The van der Waals surface area contributed by atoms with Crippen LogP contribution in [0.15, 0.2) is 0 Å². The predicted octanol–water partition coefficient (Wildman–Crippen LogP) is 2.86. The minimum Gasteiger partial charge on any atom is -0.216 e. The molecule has 0 aromatic heterocycles. The van der Waals surface area contributed by atoms with Gasteiger partial charge in [0, 0.05) is 6.42 Å². The number of halogens is 5. The molecule has 0 radical (unpaired) electrons. The Morgan fingerprint density at radius 3 is 1.56 bits per heavy atom. The summed E-state index contributed by atoms with van der Waals surface area (Å²) in [6.07, 6.45) is -5.72. The number of alkyl halides is 5. The zero-order chi connectivity index (χ0) is 7.71. The summed E-state index contributed by atoms with van der Waals surface area (Å²) in [6, 6.07) is 0. The highest BCUT2D eigenvalue weighted by Crippen LogP contribution is 2.39. The Morgan fingerprint density at radius 2 is 1.56 bits per heavy atom. The third-order valence-electron chi connectivity index (χ3n) is 0.859. The molecule has 0 aliphatic heterocycles. The summed E-state index contributed by atoms with van der Waals surface area (Å²) in [5.74, 6) is 0. The molecule has 0 N–H and O–H groups in total. The summed E-state index contributed by atoms with van der Waals surface area (Å²) < 4.78 is 45.9. The van der Waals surface area contributed by atoms with E-state index in [4.69, 9.17) is 0 Å². The first-order valence-electron chi connectivity index (χ1n) is 2.26. The van der Waals surface area contributed by atoms with Gasteiger partial charge in [0.1, 0.15) is 0 Å². The lowest BCUT2D eigenvalue weighted by Gasteiger charge is -2.18. The van der Waals surface area contributed by atoms with Crippen LogP contribution in [0.5, 0.6) is 0 Å². The maximum atomic E-state index is 12.0. The smallest absolute Gasteiger partial charge is 0.216 e. The van der Waals surface area contributed by atoms with Gasteiger partial charge in [-0.15, -0.1) is 0 Å². The summed E-state index contributed by atoms with van der Waals surface area (Å²) in [5.41, 5.74) is 0. The first-order chi connectivity index (χ1) is 3.81. The van der Waals surface area contributed by atoms with Gasteiger partial charge in [0.2, 0.25) is 0 Å². The Labute approximate surface area is 54.8 Å². The normalized spacial score (nSPS) is 19.3. The fourth-order valence-electron chi connectivity index (χ4n) is 0.200. The topological polar surface area (TPSA) is 0 Å². The van der Waals surface area contributed by atoms with Crippen LogP contribution in [0.3, 0.4) is 0 Å². The third-order valence-corrected chi connectivity index (χ3v) is 1.34. The van der Waals surface area contributed by atoms with Gasteiger partial charge in [-0.05, 0) is 0 Å². The quantitative estimate of drug-likeness (QED) is 0.413. The first-order valence-corrected chi connectivity index (χ1v) is 2.63. The van der Waals surface area contributed by atoms with Crippen LogP contribution < -0.4 is 0 Å². The molecular weight excluding hydrogens is 159 g/mol. The Balaban J connectivity index is 4.14. The maximum absolute atomic E-state index is 12.0. The van der Waals surface area contributed by atoms with Crippen LogP contribution in [-0.2, 0) is 0 Å². The minimum absolute atomic E-state index is 0.766. The Morgan fingerprint density at radius 1 is 1.22 bits per heavy atom. The molecule has 0 nitrogen and oxygen atoms in total. The van der Waals surface area contributed by atoms with E-state index in [0.29, 0.717) is 0 Å². The van der Waals surface area contributed by atoms with Crippen molar-refractivity contribution in [2.24, 2.45) is 0 Å². The molecule has 56 valence electrons. The monoisotopic (exact) mass is 164 g/mol. The summed E-state index contributed by atoms with van der Waals surface area (Å²) in [4.78, 5) is 0. The first kappa shape index (κ1) is 9.01. The van der Waals surface area contributed by atoms with E-state index in [2.05, 4.69) is 11.6 Å². The molecule has 0 aromatic rings. The molecule has 0 aromatic carbocycles. The van der Waals surface area contributed by atoms with Crippen LogP contribution in [0.1, 0.15) is 13.3 Å². The van der Waals surface area contributed by atoms with Gasteiger partial charge in [-0.25, -0.2) is 4.39 Å². The Bertz CT molecular complexity index is 95.2. The van der Waals surface area contributed by atoms with Crippen molar-refractivity contribution < 1.29 is 17.6 Å². The van der Waals surface area contributed by atoms with Gasteiger partial charge in [-0.2, -0.15) is 13.2 Å². The fourth-order valence-corrected chi connectivity index (χ4v) is 0.200. The number of rotatable bonds is 1. The standard InChI is InChI=1S/C4H5ClF4/c1-2-3(5,6)4(7,8)9/h2H2,1H3. The average Bonchev–Trinajstić information content (AvgIpc) is 1.64. The zero-order valence-corrected chi connectivity index (χ0v) is 5.35. The molecule has 0 saturated carbocycles. The lowest BCUT2D eigenvalue weighted by Crippen LogP contribution is -2.34. The largest absolute Gasteiger partial charge is 0.436 e. The zero-order valence-electron chi connectivity index (χ0n) is 4.60. The minimum atomic E-state index is -4.96. The second-order valence-corrected chi connectivity index (χ2v) is 2.15. The van der Waals surface area contributed by atoms with Crippen molar-refractivity contribution in [1.29, 1.82) is 0 Å². The van der Waals surface area contributed by atoms with Crippen LogP contribution in [0.25, 0.3) is 0 Å². The van der Waals surface area contributed by atoms with Crippen molar-refractivity contribution in [1.82, 2.24) is 0 Å². The maximum Gasteiger partial charge on any atom is 0.436 e. The van der Waals surface area contributed by atoms with E-state index < -0.39 is 17.7 Å². The molecule has 0 aliphatic rings. The second kappa shape index (κ2) is 2.33. The highest BCUT2D eigenvalue weighted by molar-refractivity contribution is 6.23. The molecule has 0 fully saturated rings. The predicted molar refractivity (Wildman–Crippen MR) is 26.0 cm³/mol. The van der Waals surface area contributed by atoms with E-state index in [-0.39, 0.29) is 0 Å². The van der Waals surface area contributed by atoms with Gasteiger partial charge in [0.15, 0.2) is 0 Å². The summed E-state index contributed by atoms with van der Waals surface area (Å²) in [7, 11) is 0. The average molecular weight is 165 g/mol. The van der Waals surface area contributed by atoms with E-state index in [0.717, 1.165) is 6.92 Å². The third kappa shape index (κ3) is 2.01. The van der Waals surface area contributed by atoms with Gasteiger partial charge in [-0.1, -0.05) is 18.5 Å². The molecule has 0 amide bonds. The van der Waals surface area contributed by atoms with Crippen LogP contribution in [0.4, 0.5) is 17.6 Å². The Hall–Kier alpha value is 0.01000. The number of hydrogen-bond donors (Lipinski definition) is 0. The highest BCUT2D eigenvalue weighted by atomic mass is 35.5. The van der Waals surface area contributed by atoms with Crippen molar-refractivity contribution in [3.63, 3.8) is 0 Å². The van der Waals surface area contributed by atoms with Crippen LogP contribution in [0.2, 0.25) is 0 Å². The van der Waals surface area contributed by atoms with Crippen molar-refractivity contribution in [3.05, 3.63) is 0 Å². The summed E-state index contributed by atoms with van der Waals surface area (Å²) >= 11 is 4.41. The van der Waals surface area contributed by atoms with Gasteiger partial charge in [0.05, 0.1) is 0 Å². The van der Waals surface area contributed by atoms with E-state index in [1.165, 1.54) is 0 Å². The molecule has 0 spiro atoms. The van der Waals surface area contributed by atoms with E-state index in [9.17, 15) is 17.6 Å². The summed E-state index contributed by atoms with van der Waals surface area (Å²) in [5, 5.41) is -3.55. The van der Waals surface area contributed by atoms with Crippen molar-refractivity contribution >= 4 is 11.6 Å². The Kier molecular flexibility index (Phi) is 2.33. The van der Waals surface area contributed by atoms with E-state index in [1.54, 1.807) is 0 Å². The highest BCUT2D eigenvalue weighted by Gasteiger charge is 2.53. The molecule has 0 saturated heterocycles. The second-order valence-electron chi connectivity index (χ2n) is 1.56. The molecule has 5 heteroatoms. The van der Waals surface area contributed by atoms with E-state index >= 15 is 0 Å². The molecule has 0 aliphatic carbocycles.